The summed E-state index contributed by atoms with van der Waals surface area (Å²) >= 11 is 1.32. The van der Waals surface area contributed by atoms with E-state index in [1.807, 2.05) is 74.1 Å². The summed E-state index contributed by atoms with van der Waals surface area (Å²) < 4.78 is 9.36. The number of nitrogens with zero attached hydrogens (tertiary/aromatic N) is 5. The maximum absolute atomic E-state index is 13.7. The van der Waals surface area contributed by atoms with Crippen LogP contribution in [0.25, 0.3) is 6.08 Å². The van der Waals surface area contributed by atoms with Gasteiger partial charge in [0.05, 0.1) is 34.1 Å². The van der Waals surface area contributed by atoms with Gasteiger partial charge >= 0.3 is 5.97 Å². The van der Waals surface area contributed by atoms with Gasteiger partial charge < -0.3 is 9.64 Å². The fourth-order valence-corrected chi connectivity index (χ4v) is 5.08. The molecular formula is C25H29N5O3S. The number of hydrogen-bond donors (Lipinski definition) is 0. The Morgan fingerprint density at radius 1 is 1.21 bits per heavy atom. The van der Waals surface area contributed by atoms with E-state index in [0.29, 0.717) is 20.6 Å². The molecule has 178 valence electrons. The zero-order valence-corrected chi connectivity index (χ0v) is 21.1. The molecule has 0 bridgehead atoms. The summed E-state index contributed by atoms with van der Waals surface area (Å²) in [6.45, 7) is 8.50. The van der Waals surface area contributed by atoms with Gasteiger partial charge in [-0.3, -0.25) is 14.0 Å². The summed E-state index contributed by atoms with van der Waals surface area (Å²) in [4.78, 5) is 33.8. The number of benzene rings is 1. The first-order chi connectivity index (χ1) is 16.2. The minimum Gasteiger partial charge on any atom is -0.463 e. The number of rotatable bonds is 6. The lowest BCUT2D eigenvalue weighted by Crippen LogP contribution is -2.40. The van der Waals surface area contributed by atoms with Gasteiger partial charge in [0.25, 0.3) is 5.56 Å². The van der Waals surface area contributed by atoms with E-state index >= 15 is 0 Å². The quantitative estimate of drug-likeness (QED) is 0.507. The summed E-state index contributed by atoms with van der Waals surface area (Å²) in [5, 5.41) is 4.47. The first-order valence-corrected chi connectivity index (χ1v) is 12.1. The molecule has 0 spiro atoms. The third kappa shape index (κ3) is 4.23. The molecule has 1 aliphatic rings. The molecule has 0 fully saturated rings. The van der Waals surface area contributed by atoms with Crippen LogP contribution in [0.3, 0.4) is 0 Å². The van der Waals surface area contributed by atoms with E-state index < -0.39 is 12.0 Å². The van der Waals surface area contributed by atoms with E-state index in [-0.39, 0.29) is 12.2 Å². The Balaban J connectivity index is 1.93. The third-order valence-electron chi connectivity index (χ3n) is 5.84. The highest BCUT2D eigenvalue weighted by atomic mass is 32.1. The highest BCUT2D eigenvalue weighted by Gasteiger charge is 2.33. The van der Waals surface area contributed by atoms with Crippen LogP contribution in [-0.4, -0.2) is 41.0 Å². The van der Waals surface area contributed by atoms with E-state index in [0.717, 1.165) is 29.1 Å². The zero-order valence-electron chi connectivity index (χ0n) is 20.3. The van der Waals surface area contributed by atoms with Crippen molar-refractivity contribution < 1.29 is 9.53 Å². The van der Waals surface area contributed by atoms with Gasteiger partial charge in [-0.2, -0.15) is 5.10 Å². The number of allylic oxidation sites excluding steroid dienone is 1. The molecule has 34 heavy (non-hydrogen) atoms. The Hall–Kier alpha value is -3.46. The molecule has 0 saturated heterocycles. The van der Waals surface area contributed by atoms with Gasteiger partial charge in [0.15, 0.2) is 4.80 Å². The van der Waals surface area contributed by atoms with Crippen LogP contribution in [0.2, 0.25) is 0 Å². The number of thiazole rings is 1. The van der Waals surface area contributed by atoms with Crippen LogP contribution in [0, 0.1) is 6.92 Å². The summed E-state index contributed by atoms with van der Waals surface area (Å²) in [7, 11) is 3.93. The standard InChI is InChI=1S/C25H29N5O3S/c1-7-29-14-18(15(3)27-29)13-20-23(31)30-22(17-9-11-19(12-10-17)28(5)6)21(24(32)33-8-2)16(4)26-25(30)34-20/h9-14,22H,7-8H2,1-6H3/b20-13+/t22-/m0/s1. The van der Waals surface area contributed by atoms with Crippen LogP contribution in [0.4, 0.5) is 5.69 Å². The van der Waals surface area contributed by atoms with Gasteiger partial charge in [-0.1, -0.05) is 23.5 Å². The van der Waals surface area contributed by atoms with E-state index in [2.05, 4.69) is 10.1 Å². The largest absolute Gasteiger partial charge is 0.463 e. The van der Waals surface area contributed by atoms with Crippen LogP contribution >= 0.6 is 11.3 Å². The smallest absolute Gasteiger partial charge is 0.338 e. The van der Waals surface area contributed by atoms with Crippen molar-refractivity contribution in [3.8, 4) is 0 Å². The number of anilines is 1. The number of fused-ring (bicyclic) bond motifs is 1. The van der Waals surface area contributed by atoms with Crippen LogP contribution in [0.5, 0.6) is 0 Å². The average Bonchev–Trinajstić information content (AvgIpc) is 3.32. The highest BCUT2D eigenvalue weighted by Crippen LogP contribution is 2.31. The molecule has 3 aromatic rings. The number of hydrogen-bond acceptors (Lipinski definition) is 7. The van der Waals surface area contributed by atoms with Crippen molar-refractivity contribution in [1.29, 1.82) is 0 Å². The molecule has 2 aromatic heterocycles. The molecule has 9 heteroatoms. The summed E-state index contributed by atoms with van der Waals surface area (Å²) in [5.74, 6) is -0.459. The lowest BCUT2D eigenvalue weighted by molar-refractivity contribution is -0.139. The SMILES string of the molecule is CCOC(=O)C1=C(C)N=c2s/c(=C/c3cn(CC)nc3C)c(=O)n2[C@H]1c1ccc(N(C)C)cc1. The highest BCUT2D eigenvalue weighted by molar-refractivity contribution is 7.07. The maximum Gasteiger partial charge on any atom is 0.338 e. The minimum absolute atomic E-state index is 0.191. The third-order valence-corrected chi connectivity index (χ3v) is 6.82. The molecule has 3 heterocycles. The Labute approximate surface area is 202 Å². The molecule has 0 aliphatic carbocycles. The Kier molecular flexibility index (Phi) is 6.56. The van der Waals surface area contributed by atoms with Crippen LogP contribution < -0.4 is 19.8 Å². The number of carbonyl (C=O) groups is 1. The molecule has 0 saturated carbocycles. The molecule has 8 nitrogen and oxygen atoms in total. The number of esters is 1. The fourth-order valence-electron chi connectivity index (χ4n) is 4.04. The average molecular weight is 480 g/mol. The Morgan fingerprint density at radius 3 is 2.50 bits per heavy atom. The number of ether oxygens (including phenoxy) is 1. The normalized spacial score (nSPS) is 15.8. The Bertz CT molecular complexity index is 1440. The summed E-state index contributed by atoms with van der Waals surface area (Å²) in [5.41, 5.74) is 4.34. The molecule has 0 amide bonds. The van der Waals surface area contributed by atoms with Gasteiger partial charge in [0.2, 0.25) is 0 Å². The molecule has 1 aliphatic heterocycles. The van der Waals surface area contributed by atoms with Gasteiger partial charge in [0, 0.05) is 38.1 Å². The molecule has 0 radical (unpaired) electrons. The van der Waals surface area contributed by atoms with E-state index in [1.54, 1.807) is 18.4 Å². The van der Waals surface area contributed by atoms with Crippen molar-refractivity contribution in [2.75, 3.05) is 25.6 Å². The number of aryl methyl sites for hydroxylation is 2. The zero-order chi connectivity index (χ0) is 24.6. The maximum atomic E-state index is 13.7. The number of carbonyl (C=O) groups excluding carboxylic acids is 1. The van der Waals surface area contributed by atoms with Crippen molar-refractivity contribution in [3.63, 3.8) is 0 Å². The Morgan fingerprint density at radius 2 is 1.91 bits per heavy atom. The van der Waals surface area contributed by atoms with E-state index in [1.165, 1.54) is 11.3 Å². The van der Waals surface area contributed by atoms with Crippen LogP contribution in [-0.2, 0) is 16.1 Å². The lowest BCUT2D eigenvalue weighted by Gasteiger charge is -2.25. The van der Waals surface area contributed by atoms with Gasteiger partial charge in [-0.25, -0.2) is 9.79 Å². The summed E-state index contributed by atoms with van der Waals surface area (Å²) in [6.07, 6.45) is 3.79. The summed E-state index contributed by atoms with van der Waals surface area (Å²) in [6, 6.07) is 7.24. The molecule has 0 N–H and O–H groups in total. The molecule has 0 unspecified atom stereocenters. The first kappa shape index (κ1) is 23.7. The minimum atomic E-state index is -0.617. The molecule has 1 aromatic carbocycles. The number of aromatic nitrogens is 3. The second-order valence-electron chi connectivity index (χ2n) is 8.31. The predicted octanol–water partition coefficient (Wildman–Crippen LogP) is 2.39. The van der Waals surface area contributed by atoms with Crippen molar-refractivity contribution >= 4 is 29.1 Å². The van der Waals surface area contributed by atoms with Gasteiger partial charge in [-0.05, 0) is 51.5 Å². The fraction of sp³-hybridized carbons (Fsp3) is 0.360. The second kappa shape index (κ2) is 9.42. The second-order valence-corrected chi connectivity index (χ2v) is 9.32. The predicted molar refractivity (Wildman–Crippen MR) is 134 cm³/mol. The lowest BCUT2D eigenvalue weighted by atomic mass is 9.95. The van der Waals surface area contributed by atoms with Gasteiger partial charge in [0.1, 0.15) is 0 Å². The van der Waals surface area contributed by atoms with Crippen molar-refractivity contribution in [1.82, 2.24) is 14.3 Å². The molecular weight excluding hydrogens is 450 g/mol. The van der Waals surface area contributed by atoms with Crippen LogP contribution in [0.1, 0.15) is 43.6 Å². The van der Waals surface area contributed by atoms with Crippen molar-refractivity contribution in [2.24, 2.45) is 4.99 Å². The van der Waals surface area contributed by atoms with Gasteiger partial charge in [-0.15, -0.1) is 0 Å². The van der Waals surface area contributed by atoms with Crippen LogP contribution in [0.15, 0.2) is 51.5 Å². The monoisotopic (exact) mass is 479 g/mol. The topological polar surface area (TPSA) is 81.7 Å². The van der Waals surface area contributed by atoms with Crippen molar-refractivity contribution in [3.05, 3.63) is 78.2 Å². The molecule has 1 atom stereocenters. The van der Waals surface area contributed by atoms with Crippen molar-refractivity contribution in [2.45, 2.75) is 40.3 Å². The molecule has 4 rings (SSSR count). The first-order valence-electron chi connectivity index (χ1n) is 11.3. The van der Waals surface area contributed by atoms with E-state index in [9.17, 15) is 9.59 Å². The van der Waals surface area contributed by atoms with E-state index in [4.69, 9.17) is 4.74 Å².